The Morgan fingerprint density at radius 3 is 2.33 bits per heavy atom. The Bertz CT molecular complexity index is 372. The third-order valence-corrected chi connectivity index (χ3v) is 4.71. The van der Waals surface area contributed by atoms with Gasteiger partial charge in [0, 0.05) is 19.6 Å². The van der Waals surface area contributed by atoms with E-state index >= 15 is 0 Å². The minimum Gasteiger partial charge on any atom is -0.481 e. The topological polar surface area (TPSA) is 89.9 Å². The van der Waals surface area contributed by atoms with Crippen molar-refractivity contribution in [2.24, 2.45) is 5.92 Å². The Balaban J connectivity index is 1.67. The number of nitrogens with one attached hydrogen (secondary N) is 1. The number of nitrogens with zero attached hydrogens (tertiary/aromatic N) is 1. The summed E-state index contributed by atoms with van der Waals surface area (Å²) < 4.78 is 0. The monoisotopic (exact) mass is 298 g/mol. The van der Waals surface area contributed by atoms with Crippen LogP contribution in [0.1, 0.15) is 44.9 Å². The highest BCUT2D eigenvalue weighted by molar-refractivity contribution is 5.78. The maximum atomic E-state index is 12.1. The van der Waals surface area contributed by atoms with Crippen LogP contribution < -0.4 is 5.32 Å². The Hall–Kier alpha value is -1.14. The van der Waals surface area contributed by atoms with Crippen LogP contribution in [0.2, 0.25) is 0 Å². The third kappa shape index (κ3) is 4.68. The van der Waals surface area contributed by atoms with Gasteiger partial charge in [0.1, 0.15) is 0 Å². The van der Waals surface area contributed by atoms with Gasteiger partial charge in [-0.15, -0.1) is 0 Å². The summed E-state index contributed by atoms with van der Waals surface area (Å²) in [5, 5.41) is 22.3. The molecule has 1 aliphatic carbocycles. The van der Waals surface area contributed by atoms with Crippen molar-refractivity contribution in [2.75, 3.05) is 26.2 Å². The number of likely N-dealkylation sites (tertiary alicyclic amines) is 1. The molecule has 0 spiro atoms. The number of carboxylic acid groups (broad SMARTS) is 1. The van der Waals surface area contributed by atoms with E-state index in [0.29, 0.717) is 32.5 Å². The lowest BCUT2D eigenvalue weighted by molar-refractivity contribution is -0.145. The van der Waals surface area contributed by atoms with Crippen molar-refractivity contribution >= 4 is 11.9 Å². The van der Waals surface area contributed by atoms with Gasteiger partial charge in [-0.25, -0.2) is 0 Å². The number of piperidine rings is 1. The summed E-state index contributed by atoms with van der Waals surface area (Å²) in [6.07, 6.45) is 5.95. The van der Waals surface area contributed by atoms with Crippen molar-refractivity contribution in [3.05, 3.63) is 0 Å². The van der Waals surface area contributed by atoms with Crippen molar-refractivity contribution in [1.82, 2.24) is 10.2 Å². The molecule has 1 heterocycles. The average molecular weight is 298 g/mol. The fraction of sp³-hybridized carbons (Fsp3) is 0.867. The summed E-state index contributed by atoms with van der Waals surface area (Å²) in [5.41, 5.74) is -0.658. The van der Waals surface area contributed by atoms with E-state index in [1.807, 2.05) is 0 Å². The van der Waals surface area contributed by atoms with E-state index in [9.17, 15) is 14.7 Å². The number of amides is 1. The molecule has 0 unspecified atom stereocenters. The smallest absolute Gasteiger partial charge is 0.306 e. The number of carboxylic acids is 1. The number of hydrogen-bond acceptors (Lipinski definition) is 4. The fourth-order valence-corrected chi connectivity index (χ4v) is 3.28. The quantitative estimate of drug-likeness (QED) is 0.691. The van der Waals surface area contributed by atoms with Crippen LogP contribution in [0, 0.1) is 5.92 Å². The zero-order chi connectivity index (χ0) is 15.3. The molecular formula is C15H26N2O4. The van der Waals surface area contributed by atoms with E-state index in [0.717, 1.165) is 25.7 Å². The molecule has 1 amide bonds. The minimum atomic E-state index is -0.764. The molecule has 6 heteroatoms. The molecule has 0 aromatic rings. The predicted molar refractivity (Wildman–Crippen MR) is 77.8 cm³/mol. The van der Waals surface area contributed by atoms with E-state index in [2.05, 4.69) is 5.32 Å². The molecule has 0 atom stereocenters. The molecule has 3 N–H and O–H groups in total. The number of rotatable bonds is 5. The Kier molecular flexibility index (Phi) is 5.58. The summed E-state index contributed by atoms with van der Waals surface area (Å²) in [6, 6.07) is 0. The molecular weight excluding hydrogens is 272 g/mol. The van der Waals surface area contributed by atoms with Gasteiger partial charge in [0.2, 0.25) is 5.91 Å². The molecule has 21 heavy (non-hydrogen) atoms. The lowest BCUT2D eigenvalue weighted by atomic mass is 9.85. The Labute approximate surface area is 125 Å². The van der Waals surface area contributed by atoms with Crippen LogP contribution in [0.4, 0.5) is 0 Å². The largest absolute Gasteiger partial charge is 0.481 e. The molecule has 1 saturated heterocycles. The molecule has 2 aliphatic rings. The van der Waals surface area contributed by atoms with E-state index in [1.165, 1.54) is 6.42 Å². The number of carbonyl (C=O) groups is 2. The number of carbonyl (C=O) groups excluding carboxylic acids is 1. The van der Waals surface area contributed by atoms with E-state index in [4.69, 9.17) is 5.11 Å². The van der Waals surface area contributed by atoms with Crippen LogP contribution in [0.5, 0.6) is 0 Å². The van der Waals surface area contributed by atoms with Gasteiger partial charge < -0.3 is 20.4 Å². The average Bonchev–Trinajstić information content (AvgIpc) is 2.48. The fourth-order valence-electron chi connectivity index (χ4n) is 3.28. The second-order valence-corrected chi connectivity index (χ2v) is 6.38. The van der Waals surface area contributed by atoms with Gasteiger partial charge in [0.25, 0.3) is 0 Å². The van der Waals surface area contributed by atoms with Crippen LogP contribution in [0.3, 0.4) is 0 Å². The first-order valence-electron chi connectivity index (χ1n) is 7.94. The molecule has 2 fully saturated rings. The molecule has 6 nitrogen and oxygen atoms in total. The van der Waals surface area contributed by atoms with E-state index in [-0.39, 0.29) is 18.4 Å². The standard InChI is InChI=1S/C15H26N2O4/c18-13(17-8-4-12(5-9-17)14(19)20)10-16-11-15(21)6-2-1-3-7-15/h12,16,21H,1-11H2,(H,19,20). The van der Waals surface area contributed by atoms with Gasteiger partial charge in [-0.1, -0.05) is 19.3 Å². The zero-order valence-electron chi connectivity index (χ0n) is 12.5. The number of hydrogen-bond donors (Lipinski definition) is 3. The first kappa shape index (κ1) is 16.2. The first-order chi connectivity index (χ1) is 10.0. The normalized spacial score (nSPS) is 23.0. The van der Waals surface area contributed by atoms with Gasteiger partial charge in [0.05, 0.1) is 18.1 Å². The highest BCUT2D eigenvalue weighted by atomic mass is 16.4. The maximum absolute atomic E-state index is 12.1. The van der Waals surface area contributed by atoms with Crippen molar-refractivity contribution in [3.63, 3.8) is 0 Å². The summed E-state index contributed by atoms with van der Waals surface area (Å²) >= 11 is 0. The van der Waals surface area contributed by atoms with E-state index < -0.39 is 11.6 Å². The van der Waals surface area contributed by atoms with Crippen molar-refractivity contribution < 1.29 is 19.8 Å². The predicted octanol–water partition coefficient (Wildman–Crippen LogP) is 0.594. The van der Waals surface area contributed by atoms with Crippen molar-refractivity contribution in [1.29, 1.82) is 0 Å². The molecule has 1 saturated carbocycles. The van der Waals surface area contributed by atoms with Crippen LogP contribution in [-0.4, -0.2) is 58.8 Å². The maximum Gasteiger partial charge on any atom is 0.306 e. The Morgan fingerprint density at radius 2 is 1.76 bits per heavy atom. The van der Waals surface area contributed by atoms with Gasteiger partial charge in [-0.2, -0.15) is 0 Å². The SMILES string of the molecule is O=C(O)C1CCN(C(=O)CNCC2(O)CCCCC2)CC1. The van der Waals surface area contributed by atoms with Gasteiger partial charge in [0.15, 0.2) is 0 Å². The Morgan fingerprint density at radius 1 is 1.14 bits per heavy atom. The number of aliphatic hydroxyl groups is 1. The summed E-state index contributed by atoms with van der Waals surface area (Å²) in [4.78, 5) is 24.6. The molecule has 0 radical (unpaired) electrons. The van der Waals surface area contributed by atoms with Crippen LogP contribution in [0.15, 0.2) is 0 Å². The number of aliphatic carboxylic acids is 1. The molecule has 1 aliphatic heterocycles. The molecule has 2 rings (SSSR count). The van der Waals surface area contributed by atoms with Gasteiger partial charge >= 0.3 is 5.97 Å². The zero-order valence-corrected chi connectivity index (χ0v) is 12.5. The summed E-state index contributed by atoms with van der Waals surface area (Å²) in [5.74, 6) is -1.08. The van der Waals surface area contributed by atoms with Crippen molar-refractivity contribution in [3.8, 4) is 0 Å². The molecule has 0 bridgehead atoms. The minimum absolute atomic E-state index is 0.00162. The van der Waals surface area contributed by atoms with Crippen LogP contribution in [0.25, 0.3) is 0 Å². The second kappa shape index (κ2) is 7.22. The van der Waals surface area contributed by atoms with Crippen LogP contribution >= 0.6 is 0 Å². The van der Waals surface area contributed by atoms with E-state index in [1.54, 1.807) is 4.90 Å². The first-order valence-corrected chi connectivity index (χ1v) is 7.94. The van der Waals surface area contributed by atoms with Crippen LogP contribution in [-0.2, 0) is 9.59 Å². The molecule has 0 aromatic carbocycles. The summed E-state index contributed by atoms with van der Waals surface area (Å²) in [7, 11) is 0. The summed E-state index contributed by atoms with van der Waals surface area (Å²) in [6.45, 7) is 1.72. The third-order valence-electron chi connectivity index (χ3n) is 4.71. The lowest BCUT2D eigenvalue weighted by Gasteiger charge is -2.33. The highest BCUT2D eigenvalue weighted by Crippen LogP contribution is 2.27. The van der Waals surface area contributed by atoms with Gasteiger partial charge in [-0.05, 0) is 25.7 Å². The molecule has 0 aromatic heterocycles. The van der Waals surface area contributed by atoms with Gasteiger partial charge in [-0.3, -0.25) is 9.59 Å². The van der Waals surface area contributed by atoms with Crippen molar-refractivity contribution in [2.45, 2.75) is 50.5 Å². The second-order valence-electron chi connectivity index (χ2n) is 6.38. The molecule has 120 valence electrons. The highest BCUT2D eigenvalue weighted by Gasteiger charge is 2.30. The lowest BCUT2D eigenvalue weighted by Crippen LogP contribution is -2.48.